The van der Waals surface area contributed by atoms with Crippen molar-refractivity contribution in [3.05, 3.63) is 29.6 Å². The second-order valence-electron chi connectivity index (χ2n) is 4.61. The van der Waals surface area contributed by atoms with E-state index in [9.17, 15) is 9.18 Å². The summed E-state index contributed by atoms with van der Waals surface area (Å²) in [5.74, 6) is -1.25. The summed E-state index contributed by atoms with van der Waals surface area (Å²) >= 11 is 0. The van der Waals surface area contributed by atoms with Crippen LogP contribution in [-0.4, -0.2) is 17.0 Å². The maximum Gasteiger partial charge on any atom is 0.238 e. The van der Waals surface area contributed by atoms with E-state index in [1.807, 2.05) is 0 Å². The first-order valence-corrected chi connectivity index (χ1v) is 5.90. The molecule has 4 N–H and O–H groups in total. The van der Waals surface area contributed by atoms with Gasteiger partial charge in [0.25, 0.3) is 0 Å². The third kappa shape index (κ3) is 3.01. The Hall–Kier alpha value is -2.11. The minimum Gasteiger partial charge on any atom is -0.409 e. The Kier molecular flexibility index (Phi) is 4.47. The van der Waals surface area contributed by atoms with Gasteiger partial charge in [0.2, 0.25) is 5.91 Å². The molecule has 1 amide bonds. The Morgan fingerprint density at radius 3 is 2.68 bits per heavy atom. The van der Waals surface area contributed by atoms with Crippen LogP contribution in [0.3, 0.4) is 0 Å². The molecule has 0 radical (unpaired) electrons. The van der Waals surface area contributed by atoms with E-state index in [0.29, 0.717) is 6.42 Å². The molecule has 0 aliphatic heterocycles. The minimum absolute atomic E-state index is 0.0704. The molecular formula is C13H18FN3O2. The number of hydrogen-bond acceptors (Lipinski definition) is 3. The fraction of sp³-hybridized carbons (Fsp3) is 0.385. The van der Waals surface area contributed by atoms with E-state index < -0.39 is 17.1 Å². The monoisotopic (exact) mass is 267 g/mol. The number of amides is 1. The molecular weight excluding hydrogens is 249 g/mol. The Balaban J connectivity index is 3.01. The van der Waals surface area contributed by atoms with E-state index in [-0.39, 0.29) is 11.5 Å². The molecule has 0 aliphatic carbocycles. The summed E-state index contributed by atoms with van der Waals surface area (Å²) in [6.07, 6.45) is 0.322. The van der Waals surface area contributed by atoms with Crippen LogP contribution in [0.1, 0.15) is 25.8 Å². The summed E-state index contributed by atoms with van der Waals surface area (Å²) in [7, 11) is 0. The second-order valence-corrected chi connectivity index (χ2v) is 4.61. The predicted octanol–water partition coefficient (Wildman–Crippen LogP) is 2.24. The van der Waals surface area contributed by atoms with E-state index in [4.69, 9.17) is 10.9 Å². The first kappa shape index (κ1) is 14.9. The maximum atomic E-state index is 13.7. The van der Waals surface area contributed by atoms with Gasteiger partial charge in [-0.1, -0.05) is 18.1 Å². The molecule has 1 aromatic rings. The molecule has 104 valence electrons. The van der Waals surface area contributed by atoms with Crippen molar-refractivity contribution < 1.29 is 14.4 Å². The van der Waals surface area contributed by atoms with Crippen molar-refractivity contribution in [2.45, 2.75) is 27.2 Å². The number of anilines is 1. The van der Waals surface area contributed by atoms with Crippen LogP contribution in [0.25, 0.3) is 0 Å². The average molecular weight is 267 g/mol. The summed E-state index contributed by atoms with van der Waals surface area (Å²) in [6.45, 7) is 5.01. The molecule has 1 rings (SSSR count). The lowest BCUT2D eigenvalue weighted by atomic mass is 9.85. The highest BCUT2D eigenvalue weighted by molar-refractivity contribution is 6.11. The molecule has 0 aromatic heterocycles. The van der Waals surface area contributed by atoms with Gasteiger partial charge in [-0.3, -0.25) is 4.79 Å². The number of nitrogens with one attached hydrogen (secondary N) is 1. The molecule has 5 nitrogen and oxygen atoms in total. The third-order valence-electron chi connectivity index (χ3n) is 3.25. The molecule has 1 aromatic carbocycles. The van der Waals surface area contributed by atoms with Gasteiger partial charge in [-0.2, -0.15) is 0 Å². The fourth-order valence-corrected chi connectivity index (χ4v) is 1.55. The lowest BCUT2D eigenvalue weighted by molar-refractivity contribution is -0.121. The summed E-state index contributed by atoms with van der Waals surface area (Å²) in [6, 6.07) is 4.48. The van der Waals surface area contributed by atoms with Crippen molar-refractivity contribution in [1.82, 2.24) is 0 Å². The number of carbonyl (C=O) groups is 1. The van der Waals surface area contributed by atoms with Gasteiger partial charge in [0.1, 0.15) is 11.2 Å². The van der Waals surface area contributed by atoms with Gasteiger partial charge < -0.3 is 16.3 Å². The number of carbonyl (C=O) groups excluding carboxylic acids is 1. The van der Waals surface area contributed by atoms with Crippen molar-refractivity contribution in [1.29, 1.82) is 0 Å². The van der Waals surface area contributed by atoms with Crippen LogP contribution >= 0.6 is 0 Å². The molecule has 0 fully saturated rings. The minimum atomic E-state index is -1.19. The zero-order valence-corrected chi connectivity index (χ0v) is 11.2. The number of rotatable bonds is 4. The van der Waals surface area contributed by atoms with Crippen LogP contribution < -0.4 is 11.1 Å². The van der Waals surface area contributed by atoms with E-state index in [0.717, 1.165) is 5.56 Å². The van der Waals surface area contributed by atoms with Gasteiger partial charge in [-0.05, 0) is 38.0 Å². The maximum absolute atomic E-state index is 13.7. The van der Waals surface area contributed by atoms with Crippen molar-refractivity contribution >= 4 is 17.4 Å². The van der Waals surface area contributed by atoms with E-state index in [2.05, 4.69) is 10.5 Å². The fourth-order valence-electron chi connectivity index (χ4n) is 1.55. The summed E-state index contributed by atoms with van der Waals surface area (Å²) in [5.41, 5.74) is 5.16. The van der Waals surface area contributed by atoms with E-state index in [1.165, 1.54) is 19.1 Å². The number of aryl methyl sites for hydroxylation is 1. The molecule has 0 saturated heterocycles. The smallest absolute Gasteiger partial charge is 0.238 e. The lowest BCUT2D eigenvalue weighted by Crippen LogP contribution is -2.44. The molecule has 0 heterocycles. The van der Waals surface area contributed by atoms with Crippen LogP contribution in [0.4, 0.5) is 10.1 Å². The van der Waals surface area contributed by atoms with Crippen molar-refractivity contribution in [3.63, 3.8) is 0 Å². The number of benzene rings is 1. The number of hydrogen-bond donors (Lipinski definition) is 3. The summed E-state index contributed by atoms with van der Waals surface area (Å²) < 4.78 is 13.7. The molecule has 1 atom stereocenters. The van der Waals surface area contributed by atoms with Crippen LogP contribution in [0.5, 0.6) is 0 Å². The van der Waals surface area contributed by atoms with Gasteiger partial charge in [0.05, 0.1) is 5.69 Å². The Morgan fingerprint density at radius 1 is 1.58 bits per heavy atom. The Bertz CT molecular complexity index is 517. The molecule has 0 aliphatic rings. The normalized spacial score (nSPS) is 14.8. The van der Waals surface area contributed by atoms with Crippen molar-refractivity contribution in [3.8, 4) is 0 Å². The highest BCUT2D eigenvalue weighted by Crippen LogP contribution is 2.25. The molecule has 19 heavy (non-hydrogen) atoms. The largest absolute Gasteiger partial charge is 0.409 e. The highest BCUT2D eigenvalue weighted by atomic mass is 19.1. The first-order chi connectivity index (χ1) is 8.85. The Labute approximate surface area is 111 Å². The second kappa shape index (κ2) is 5.69. The van der Waals surface area contributed by atoms with Crippen LogP contribution in [0.2, 0.25) is 0 Å². The van der Waals surface area contributed by atoms with Gasteiger partial charge >= 0.3 is 0 Å². The van der Waals surface area contributed by atoms with E-state index >= 15 is 0 Å². The number of nitrogens with zero attached hydrogens (tertiary/aromatic N) is 1. The number of halogens is 1. The topological polar surface area (TPSA) is 87.7 Å². The van der Waals surface area contributed by atoms with Crippen LogP contribution in [0.15, 0.2) is 23.4 Å². The van der Waals surface area contributed by atoms with E-state index in [1.54, 1.807) is 19.9 Å². The quantitative estimate of drug-likeness (QED) is 0.338. The molecule has 0 saturated carbocycles. The van der Waals surface area contributed by atoms with Gasteiger partial charge in [0.15, 0.2) is 5.84 Å². The molecule has 1 unspecified atom stereocenters. The summed E-state index contributed by atoms with van der Waals surface area (Å²) in [4.78, 5) is 12.2. The van der Waals surface area contributed by atoms with Crippen molar-refractivity contribution in [2.75, 3.05) is 5.32 Å². The number of nitrogens with two attached hydrogens (primary N) is 1. The predicted molar refractivity (Wildman–Crippen MR) is 71.6 cm³/mol. The zero-order chi connectivity index (χ0) is 14.6. The standard InChI is InChI=1S/C13H18FN3O2/c1-4-13(3,11(15)17-19)12(18)16-10-6-5-8(2)7-9(10)14/h5-7,19H,4H2,1-3H3,(H2,15,17)(H,16,18). The highest BCUT2D eigenvalue weighted by Gasteiger charge is 2.36. The number of amidine groups is 1. The Morgan fingerprint density at radius 2 is 2.21 bits per heavy atom. The number of oxime groups is 1. The van der Waals surface area contributed by atoms with Crippen molar-refractivity contribution in [2.24, 2.45) is 16.3 Å². The van der Waals surface area contributed by atoms with Crippen LogP contribution in [0, 0.1) is 18.2 Å². The van der Waals surface area contributed by atoms with Crippen LogP contribution in [-0.2, 0) is 4.79 Å². The molecule has 0 bridgehead atoms. The molecule has 0 spiro atoms. The first-order valence-electron chi connectivity index (χ1n) is 5.90. The third-order valence-corrected chi connectivity index (χ3v) is 3.25. The zero-order valence-electron chi connectivity index (χ0n) is 11.2. The SMILES string of the molecule is CCC(C)(C(=O)Nc1ccc(C)cc1F)/C(N)=N/O. The molecule has 6 heteroatoms. The lowest BCUT2D eigenvalue weighted by Gasteiger charge is -2.25. The van der Waals surface area contributed by atoms with Gasteiger partial charge in [0, 0.05) is 0 Å². The average Bonchev–Trinajstić information content (AvgIpc) is 2.39. The van der Waals surface area contributed by atoms with Gasteiger partial charge in [-0.15, -0.1) is 0 Å². The summed E-state index contributed by atoms with van der Waals surface area (Å²) in [5, 5.41) is 14.0. The van der Waals surface area contributed by atoms with Gasteiger partial charge in [-0.25, -0.2) is 4.39 Å².